The Balaban J connectivity index is 1.47. The van der Waals surface area contributed by atoms with E-state index in [-0.39, 0.29) is 12.6 Å². The van der Waals surface area contributed by atoms with Crippen molar-refractivity contribution in [3.05, 3.63) is 36.0 Å². The summed E-state index contributed by atoms with van der Waals surface area (Å²) >= 11 is 0. The van der Waals surface area contributed by atoms with Gasteiger partial charge < -0.3 is 14.5 Å². The van der Waals surface area contributed by atoms with Crippen LogP contribution in [0.2, 0.25) is 0 Å². The van der Waals surface area contributed by atoms with Crippen molar-refractivity contribution in [3.63, 3.8) is 0 Å². The lowest BCUT2D eigenvalue weighted by molar-refractivity contribution is -0.121. The number of imide groups is 1. The molecule has 3 atom stereocenters. The topological polar surface area (TPSA) is 107 Å². The number of hydrogen-bond donors (Lipinski definition) is 0. The fourth-order valence-electron chi connectivity index (χ4n) is 4.81. The summed E-state index contributed by atoms with van der Waals surface area (Å²) in [6, 6.07) is 6.78. The van der Waals surface area contributed by atoms with Gasteiger partial charge in [-0.15, -0.1) is 12.3 Å². The van der Waals surface area contributed by atoms with Gasteiger partial charge in [0.1, 0.15) is 18.7 Å². The monoisotopic (exact) mass is 415 g/mol. The van der Waals surface area contributed by atoms with E-state index in [0.717, 1.165) is 4.90 Å². The first-order chi connectivity index (χ1) is 15.1. The van der Waals surface area contributed by atoms with Crippen LogP contribution in [-0.4, -0.2) is 64.1 Å². The number of rotatable bonds is 3. The first kappa shape index (κ1) is 18.9. The highest BCUT2D eigenvalue weighted by Gasteiger charge is 2.63. The summed E-state index contributed by atoms with van der Waals surface area (Å²) in [5.74, 6) is 2.01. The molecule has 154 valence electrons. The summed E-state index contributed by atoms with van der Waals surface area (Å²) in [7, 11) is 0. The number of nitrogens with zero attached hydrogens (tertiary/aromatic N) is 5. The maximum atomic E-state index is 13.4. The molecule has 1 aromatic carbocycles. The second-order valence-electron chi connectivity index (χ2n) is 7.63. The molecule has 4 amide bonds. The maximum absolute atomic E-state index is 13.4. The number of hydrogen-bond acceptors (Lipinski definition) is 6. The molecule has 9 heteroatoms. The van der Waals surface area contributed by atoms with E-state index in [1.165, 1.54) is 4.90 Å². The number of anilines is 1. The molecule has 3 aliphatic heterocycles. The summed E-state index contributed by atoms with van der Waals surface area (Å²) in [5, 5.41) is 9.90. The van der Waals surface area contributed by atoms with Gasteiger partial charge in [-0.05, 0) is 30.7 Å². The lowest BCUT2D eigenvalue weighted by Crippen LogP contribution is -2.55. The Morgan fingerprint density at radius 1 is 1.32 bits per heavy atom. The van der Waals surface area contributed by atoms with Crippen LogP contribution in [0.25, 0.3) is 10.9 Å². The van der Waals surface area contributed by atoms with Crippen LogP contribution in [0, 0.1) is 23.7 Å². The number of carbonyl (C=O) groups is 3. The van der Waals surface area contributed by atoms with E-state index in [4.69, 9.17) is 11.2 Å². The van der Waals surface area contributed by atoms with Gasteiger partial charge in [-0.3, -0.25) is 9.78 Å². The Morgan fingerprint density at radius 3 is 2.94 bits per heavy atom. The number of amides is 4. The average molecular weight is 415 g/mol. The smallest absolute Gasteiger partial charge is 0.410 e. The zero-order valence-electron chi connectivity index (χ0n) is 16.4. The number of piperazine rings is 1. The highest BCUT2D eigenvalue weighted by atomic mass is 16.6. The summed E-state index contributed by atoms with van der Waals surface area (Å²) in [6.45, 7) is 0.430. The standard InChI is InChI=1S/C22H17N5O4/c1-2-3-9-31-22(30)25-12-14-10-17(25)19-20(28)27(21(29)26(14)19)16-7-6-13(11-23)18-15(16)5-4-8-24-18/h1,4-8,14,17,19H,3,9-10,12H2/t14-,17?,19?/m1/s1. The van der Waals surface area contributed by atoms with E-state index in [0.29, 0.717) is 41.5 Å². The SMILES string of the molecule is C#CCCOC(=O)N1C[C@H]2CC1C1C(=O)N(c3ccc(C#N)c4ncccc34)C(=O)N12. The molecule has 0 saturated carbocycles. The molecule has 2 aromatic rings. The van der Waals surface area contributed by atoms with Crippen LogP contribution in [0.1, 0.15) is 18.4 Å². The van der Waals surface area contributed by atoms with E-state index in [9.17, 15) is 19.6 Å². The third-order valence-corrected chi connectivity index (χ3v) is 6.08. The molecule has 0 radical (unpaired) electrons. The first-order valence-electron chi connectivity index (χ1n) is 9.87. The maximum Gasteiger partial charge on any atom is 0.410 e. The average Bonchev–Trinajstić information content (AvgIpc) is 3.45. The van der Waals surface area contributed by atoms with Gasteiger partial charge >= 0.3 is 12.1 Å². The van der Waals surface area contributed by atoms with E-state index in [2.05, 4.69) is 17.0 Å². The van der Waals surface area contributed by atoms with Gasteiger partial charge in [0, 0.05) is 24.5 Å². The zero-order valence-corrected chi connectivity index (χ0v) is 16.4. The Kier molecular flexibility index (Phi) is 4.26. The van der Waals surface area contributed by atoms with Gasteiger partial charge in [0.15, 0.2) is 0 Å². The number of ether oxygens (including phenoxy) is 1. The molecule has 0 N–H and O–H groups in total. The summed E-state index contributed by atoms with van der Waals surface area (Å²) in [6.07, 6.45) is 7.08. The molecule has 9 nitrogen and oxygen atoms in total. The van der Waals surface area contributed by atoms with Gasteiger partial charge in [-0.1, -0.05) is 0 Å². The van der Waals surface area contributed by atoms with Gasteiger partial charge in [-0.2, -0.15) is 5.26 Å². The number of urea groups is 1. The van der Waals surface area contributed by atoms with Gasteiger partial charge in [0.2, 0.25) is 0 Å². The van der Waals surface area contributed by atoms with Crippen molar-refractivity contribution in [2.24, 2.45) is 0 Å². The summed E-state index contributed by atoms with van der Waals surface area (Å²) in [4.78, 5) is 47.6. The van der Waals surface area contributed by atoms with Crippen molar-refractivity contribution in [2.75, 3.05) is 18.1 Å². The van der Waals surface area contributed by atoms with Crippen LogP contribution in [0.15, 0.2) is 30.5 Å². The van der Waals surface area contributed by atoms with Crippen molar-refractivity contribution in [1.29, 1.82) is 5.26 Å². The molecule has 31 heavy (non-hydrogen) atoms. The molecular formula is C22H17N5O4. The minimum Gasteiger partial charge on any atom is -0.448 e. The highest BCUT2D eigenvalue weighted by molar-refractivity contribution is 6.25. The van der Waals surface area contributed by atoms with Crippen LogP contribution in [0.5, 0.6) is 0 Å². The van der Waals surface area contributed by atoms with E-state index in [1.54, 1.807) is 35.4 Å². The third-order valence-electron chi connectivity index (χ3n) is 6.08. The fourth-order valence-corrected chi connectivity index (χ4v) is 4.81. The number of nitriles is 1. The number of carbonyl (C=O) groups excluding carboxylic acids is 3. The number of aromatic nitrogens is 1. The van der Waals surface area contributed by atoms with Crippen molar-refractivity contribution >= 4 is 34.6 Å². The highest BCUT2D eigenvalue weighted by Crippen LogP contribution is 2.43. The van der Waals surface area contributed by atoms with E-state index in [1.807, 2.05) is 0 Å². The summed E-state index contributed by atoms with van der Waals surface area (Å²) in [5.41, 5.74) is 1.17. The van der Waals surface area contributed by atoms with Crippen LogP contribution < -0.4 is 4.90 Å². The number of terminal acetylenes is 1. The lowest BCUT2D eigenvalue weighted by Gasteiger charge is -2.34. The molecule has 0 spiro atoms. The fraction of sp³-hybridized carbons (Fsp3) is 0.318. The van der Waals surface area contributed by atoms with Crippen LogP contribution >= 0.6 is 0 Å². The molecular weight excluding hydrogens is 398 g/mol. The number of benzene rings is 1. The lowest BCUT2D eigenvalue weighted by atomic mass is 10.1. The van der Waals surface area contributed by atoms with Crippen LogP contribution in [-0.2, 0) is 9.53 Å². The molecule has 2 bridgehead atoms. The Morgan fingerprint density at radius 2 is 2.16 bits per heavy atom. The first-order valence-corrected chi connectivity index (χ1v) is 9.87. The molecule has 0 aliphatic carbocycles. The summed E-state index contributed by atoms with van der Waals surface area (Å²) < 4.78 is 5.20. The zero-order chi connectivity index (χ0) is 21.7. The van der Waals surface area contributed by atoms with Gasteiger partial charge in [0.05, 0.1) is 28.9 Å². The second kappa shape index (κ2) is 6.99. The molecule has 4 heterocycles. The quantitative estimate of drug-likeness (QED) is 0.430. The van der Waals surface area contributed by atoms with Crippen molar-refractivity contribution in [3.8, 4) is 18.4 Å². The minimum absolute atomic E-state index is 0.112. The number of likely N-dealkylation sites (tertiary alicyclic amines) is 1. The normalized spacial score (nSPS) is 23.8. The van der Waals surface area contributed by atoms with Crippen LogP contribution in [0.3, 0.4) is 0 Å². The molecule has 3 fully saturated rings. The van der Waals surface area contributed by atoms with E-state index >= 15 is 0 Å². The molecule has 1 aromatic heterocycles. The molecule has 3 aliphatic rings. The van der Waals surface area contributed by atoms with Crippen LogP contribution in [0.4, 0.5) is 15.3 Å². The third kappa shape index (κ3) is 2.63. The Hall–Kier alpha value is -4.11. The van der Waals surface area contributed by atoms with Gasteiger partial charge in [0.25, 0.3) is 5.91 Å². The number of fused-ring (bicyclic) bond motifs is 6. The Bertz CT molecular complexity index is 1210. The van der Waals surface area contributed by atoms with Crippen molar-refractivity contribution < 1.29 is 19.1 Å². The Labute approximate surface area is 177 Å². The van der Waals surface area contributed by atoms with E-state index < -0.39 is 30.1 Å². The molecule has 5 rings (SSSR count). The predicted molar refractivity (Wildman–Crippen MR) is 109 cm³/mol. The number of pyridine rings is 1. The second-order valence-corrected chi connectivity index (χ2v) is 7.63. The molecule has 2 unspecified atom stereocenters. The minimum atomic E-state index is -0.756. The predicted octanol–water partition coefficient (Wildman–Crippen LogP) is 1.86. The van der Waals surface area contributed by atoms with Gasteiger partial charge in [-0.25, -0.2) is 14.5 Å². The van der Waals surface area contributed by atoms with Crippen molar-refractivity contribution in [2.45, 2.75) is 31.0 Å². The van der Waals surface area contributed by atoms with Crippen molar-refractivity contribution in [1.82, 2.24) is 14.8 Å². The molecule has 3 saturated heterocycles. The largest absolute Gasteiger partial charge is 0.448 e.